The van der Waals surface area contributed by atoms with Crippen LogP contribution in [0.25, 0.3) is 16.5 Å². The molecule has 5 heteroatoms. The number of carbonyl (C=O) groups is 1. The first-order valence-corrected chi connectivity index (χ1v) is 9.20. The molecule has 0 atom stereocenters. The van der Waals surface area contributed by atoms with Crippen LogP contribution < -0.4 is 14.2 Å². The van der Waals surface area contributed by atoms with Crippen molar-refractivity contribution >= 4 is 23.2 Å². The van der Waals surface area contributed by atoms with E-state index in [1.54, 1.807) is 49.8 Å². The number of ketones is 1. The van der Waals surface area contributed by atoms with Gasteiger partial charge in [0, 0.05) is 10.4 Å². The minimum atomic E-state index is -0.172. The van der Waals surface area contributed by atoms with Crippen LogP contribution >= 0.6 is 11.3 Å². The minimum absolute atomic E-state index is 0.172. The van der Waals surface area contributed by atoms with Gasteiger partial charge in [-0.3, -0.25) is 4.79 Å². The summed E-state index contributed by atoms with van der Waals surface area (Å²) in [7, 11) is 4.72. The quantitative estimate of drug-likeness (QED) is 0.410. The maximum absolute atomic E-state index is 12.7. The normalized spacial score (nSPS) is 10.8. The number of hydrogen-bond acceptors (Lipinski definition) is 5. The molecule has 0 aliphatic rings. The standard InChI is InChI=1S/C22H20O4S/c1-24-17-8-11-21(26-3)18(14-17)19(23)9-6-15-13-16(7-10-20(15)25-2)22-5-4-12-27-22/h4-14H,1-3H3/b9-6+. The van der Waals surface area contributed by atoms with Crippen LogP contribution in [0.3, 0.4) is 0 Å². The maximum Gasteiger partial charge on any atom is 0.189 e. The lowest BCUT2D eigenvalue weighted by atomic mass is 10.0. The average molecular weight is 380 g/mol. The summed E-state index contributed by atoms with van der Waals surface area (Å²) in [5.74, 6) is 1.64. The van der Waals surface area contributed by atoms with Crippen molar-refractivity contribution in [3.63, 3.8) is 0 Å². The molecule has 0 aliphatic carbocycles. The summed E-state index contributed by atoms with van der Waals surface area (Å²) < 4.78 is 15.9. The number of hydrogen-bond donors (Lipinski definition) is 0. The Balaban J connectivity index is 1.93. The Hall–Kier alpha value is -3.05. The number of methoxy groups -OCH3 is 3. The minimum Gasteiger partial charge on any atom is -0.497 e. The summed E-state index contributed by atoms with van der Waals surface area (Å²) in [5, 5.41) is 2.04. The van der Waals surface area contributed by atoms with Crippen LogP contribution in [0.4, 0.5) is 0 Å². The molecule has 0 N–H and O–H groups in total. The first-order valence-electron chi connectivity index (χ1n) is 8.32. The lowest BCUT2D eigenvalue weighted by Crippen LogP contribution is -2.00. The van der Waals surface area contributed by atoms with Gasteiger partial charge < -0.3 is 14.2 Å². The summed E-state index contributed by atoms with van der Waals surface area (Å²) in [6.07, 6.45) is 3.28. The molecule has 0 bridgehead atoms. The highest BCUT2D eigenvalue weighted by Gasteiger charge is 2.12. The van der Waals surface area contributed by atoms with Gasteiger partial charge in [-0.1, -0.05) is 6.07 Å². The van der Waals surface area contributed by atoms with Crippen LogP contribution in [0.2, 0.25) is 0 Å². The fourth-order valence-electron chi connectivity index (χ4n) is 2.72. The number of benzene rings is 2. The Kier molecular flexibility index (Phi) is 5.94. The Bertz CT molecular complexity index is 958. The van der Waals surface area contributed by atoms with E-state index >= 15 is 0 Å². The van der Waals surface area contributed by atoms with Crippen LogP contribution in [-0.2, 0) is 0 Å². The van der Waals surface area contributed by atoms with Gasteiger partial charge in [-0.25, -0.2) is 0 Å². The molecule has 0 radical (unpaired) electrons. The third kappa shape index (κ3) is 4.20. The first-order chi connectivity index (χ1) is 13.2. The predicted octanol–water partition coefficient (Wildman–Crippen LogP) is 5.34. The molecule has 0 saturated heterocycles. The molecular formula is C22H20O4S. The van der Waals surface area contributed by atoms with E-state index in [9.17, 15) is 4.79 Å². The Morgan fingerprint density at radius 1 is 0.926 bits per heavy atom. The fourth-order valence-corrected chi connectivity index (χ4v) is 3.45. The second-order valence-corrected chi connectivity index (χ2v) is 6.65. The molecule has 0 spiro atoms. The van der Waals surface area contributed by atoms with Gasteiger partial charge in [0.05, 0.1) is 26.9 Å². The van der Waals surface area contributed by atoms with E-state index in [1.807, 2.05) is 29.6 Å². The molecule has 3 aromatic rings. The molecule has 0 saturated carbocycles. The van der Waals surface area contributed by atoms with E-state index in [1.165, 1.54) is 13.2 Å². The van der Waals surface area contributed by atoms with Crippen molar-refractivity contribution < 1.29 is 19.0 Å². The Morgan fingerprint density at radius 3 is 2.37 bits per heavy atom. The molecule has 2 aromatic carbocycles. The zero-order valence-electron chi connectivity index (χ0n) is 15.4. The molecule has 3 rings (SSSR count). The lowest BCUT2D eigenvalue weighted by Gasteiger charge is -2.09. The molecule has 0 unspecified atom stereocenters. The summed E-state index contributed by atoms with van der Waals surface area (Å²) in [5.41, 5.74) is 2.36. The van der Waals surface area contributed by atoms with Crippen molar-refractivity contribution in [2.24, 2.45) is 0 Å². The van der Waals surface area contributed by atoms with Crippen LogP contribution in [0.5, 0.6) is 17.2 Å². The number of rotatable bonds is 7. The van der Waals surface area contributed by atoms with E-state index in [0.717, 1.165) is 16.0 Å². The highest BCUT2D eigenvalue weighted by atomic mass is 32.1. The summed E-state index contributed by atoms with van der Waals surface area (Å²) in [4.78, 5) is 13.9. The molecule has 4 nitrogen and oxygen atoms in total. The van der Waals surface area contributed by atoms with Gasteiger partial charge in [-0.15, -0.1) is 11.3 Å². The molecule has 0 amide bonds. The van der Waals surface area contributed by atoms with Crippen molar-refractivity contribution in [3.05, 3.63) is 71.1 Å². The highest BCUT2D eigenvalue weighted by Crippen LogP contribution is 2.31. The Labute approximate surface area is 162 Å². The van der Waals surface area contributed by atoms with Crippen LogP contribution in [0.1, 0.15) is 15.9 Å². The van der Waals surface area contributed by atoms with Gasteiger partial charge in [0.2, 0.25) is 0 Å². The van der Waals surface area contributed by atoms with Gasteiger partial charge >= 0.3 is 0 Å². The monoisotopic (exact) mass is 380 g/mol. The van der Waals surface area contributed by atoms with Crippen LogP contribution in [-0.4, -0.2) is 27.1 Å². The van der Waals surface area contributed by atoms with Gasteiger partial charge in [0.1, 0.15) is 17.2 Å². The average Bonchev–Trinajstić information content (AvgIpc) is 3.26. The number of carbonyl (C=O) groups excluding carboxylic acids is 1. The second-order valence-electron chi connectivity index (χ2n) is 5.70. The number of ether oxygens (including phenoxy) is 3. The van der Waals surface area contributed by atoms with E-state index < -0.39 is 0 Å². The summed E-state index contributed by atoms with van der Waals surface area (Å²) in [6.45, 7) is 0. The topological polar surface area (TPSA) is 44.8 Å². The maximum atomic E-state index is 12.7. The zero-order valence-corrected chi connectivity index (χ0v) is 16.2. The molecule has 1 aromatic heterocycles. The van der Waals surface area contributed by atoms with Crippen molar-refractivity contribution in [1.29, 1.82) is 0 Å². The first kappa shape index (κ1) is 18.7. The molecule has 1 heterocycles. The summed E-state index contributed by atoms with van der Waals surface area (Å²) in [6, 6.07) is 15.2. The molecule has 27 heavy (non-hydrogen) atoms. The SMILES string of the molecule is COc1ccc(OC)c(C(=O)/C=C/c2cc(-c3cccs3)ccc2OC)c1. The van der Waals surface area contributed by atoms with E-state index in [2.05, 4.69) is 6.07 Å². The van der Waals surface area contributed by atoms with Crippen molar-refractivity contribution in [2.45, 2.75) is 0 Å². The number of allylic oxidation sites excluding steroid dienone is 1. The van der Waals surface area contributed by atoms with Crippen LogP contribution in [0.15, 0.2) is 60.0 Å². The highest BCUT2D eigenvalue weighted by molar-refractivity contribution is 7.13. The Morgan fingerprint density at radius 2 is 1.70 bits per heavy atom. The van der Waals surface area contributed by atoms with Crippen molar-refractivity contribution in [1.82, 2.24) is 0 Å². The predicted molar refractivity (Wildman–Crippen MR) is 109 cm³/mol. The largest absolute Gasteiger partial charge is 0.497 e. The second kappa shape index (κ2) is 8.56. The third-order valence-electron chi connectivity index (χ3n) is 4.12. The molecule has 0 fully saturated rings. The van der Waals surface area contributed by atoms with Gasteiger partial charge in [0.25, 0.3) is 0 Å². The number of thiophene rings is 1. The van der Waals surface area contributed by atoms with Gasteiger partial charge in [-0.2, -0.15) is 0 Å². The van der Waals surface area contributed by atoms with E-state index in [0.29, 0.717) is 22.8 Å². The molecular weight excluding hydrogens is 360 g/mol. The van der Waals surface area contributed by atoms with Crippen molar-refractivity contribution in [2.75, 3.05) is 21.3 Å². The van der Waals surface area contributed by atoms with Gasteiger partial charge in [0.15, 0.2) is 5.78 Å². The lowest BCUT2D eigenvalue weighted by molar-refractivity contribution is 0.104. The van der Waals surface area contributed by atoms with E-state index in [-0.39, 0.29) is 5.78 Å². The molecule has 0 aliphatic heterocycles. The third-order valence-corrected chi connectivity index (χ3v) is 5.04. The zero-order chi connectivity index (χ0) is 19.2. The molecule has 138 valence electrons. The van der Waals surface area contributed by atoms with Crippen molar-refractivity contribution in [3.8, 4) is 27.7 Å². The van der Waals surface area contributed by atoms with Crippen LogP contribution in [0, 0.1) is 0 Å². The van der Waals surface area contributed by atoms with E-state index in [4.69, 9.17) is 14.2 Å². The smallest absolute Gasteiger partial charge is 0.189 e. The fraction of sp³-hybridized carbons (Fsp3) is 0.136. The summed E-state index contributed by atoms with van der Waals surface area (Å²) >= 11 is 1.67. The van der Waals surface area contributed by atoms with Gasteiger partial charge in [-0.05, 0) is 65.6 Å².